The number of anilines is 1. The number of nitrogens with one attached hydrogen (secondary N) is 1. The van der Waals surface area contributed by atoms with Gasteiger partial charge in [0.25, 0.3) is 15.9 Å². The SMILES string of the molecule is COc1cc2c(cc1OC)N(C)S(=O)(=O)C(C(=O)NC(C)c1ccc(C)cc1)=C2C. The van der Waals surface area contributed by atoms with Crippen LogP contribution in [0.5, 0.6) is 11.5 Å². The number of aryl methyl sites for hydroxylation is 1. The molecule has 1 atom stereocenters. The molecule has 0 aliphatic carbocycles. The summed E-state index contributed by atoms with van der Waals surface area (Å²) in [7, 11) is 0.366. The fourth-order valence-corrected chi connectivity index (χ4v) is 4.97. The average molecular weight is 431 g/mol. The Hall–Kier alpha value is -3.00. The van der Waals surface area contributed by atoms with E-state index in [4.69, 9.17) is 9.47 Å². The molecule has 1 aliphatic rings. The van der Waals surface area contributed by atoms with Crippen LogP contribution in [0.2, 0.25) is 0 Å². The molecule has 1 aliphatic heterocycles. The molecule has 30 heavy (non-hydrogen) atoms. The highest BCUT2D eigenvalue weighted by Gasteiger charge is 2.38. The number of benzene rings is 2. The Morgan fingerprint density at radius 2 is 1.60 bits per heavy atom. The molecule has 0 saturated carbocycles. The lowest BCUT2D eigenvalue weighted by molar-refractivity contribution is -0.117. The van der Waals surface area contributed by atoms with Gasteiger partial charge in [0.05, 0.1) is 25.9 Å². The molecule has 0 saturated heterocycles. The first-order valence-electron chi connectivity index (χ1n) is 9.45. The van der Waals surface area contributed by atoms with Gasteiger partial charge in [-0.1, -0.05) is 29.8 Å². The number of fused-ring (bicyclic) bond motifs is 1. The van der Waals surface area contributed by atoms with Crippen LogP contribution in [0.1, 0.15) is 36.6 Å². The molecule has 1 heterocycles. The normalized spacial score (nSPS) is 16.0. The van der Waals surface area contributed by atoms with Gasteiger partial charge in [-0.2, -0.15) is 0 Å². The van der Waals surface area contributed by atoms with Gasteiger partial charge in [0.15, 0.2) is 16.4 Å². The van der Waals surface area contributed by atoms with Gasteiger partial charge in [-0.25, -0.2) is 8.42 Å². The quantitative estimate of drug-likeness (QED) is 0.786. The second kappa shape index (κ2) is 8.02. The first kappa shape index (κ1) is 21.7. The molecule has 160 valence electrons. The summed E-state index contributed by atoms with van der Waals surface area (Å²) in [6.45, 7) is 5.42. The zero-order valence-electron chi connectivity index (χ0n) is 17.9. The summed E-state index contributed by atoms with van der Waals surface area (Å²) in [5.41, 5.74) is 3.37. The van der Waals surface area contributed by atoms with E-state index in [1.807, 2.05) is 38.1 Å². The van der Waals surface area contributed by atoms with Crippen molar-refractivity contribution in [1.82, 2.24) is 5.32 Å². The van der Waals surface area contributed by atoms with Crippen LogP contribution in [-0.2, 0) is 14.8 Å². The number of carbonyl (C=O) groups excluding carboxylic acids is 1. The van der Waals surface area contributed by atoms with Crippen LogP contribution in [0.4, 0.5) is 5.69 Å². The van der Waals surface area contributed by atoms with E-state index in [0.717, 1.165) is 15.4 Å². The van der Waals surface area contributed by atoms with Crippen LogP contribution in [0.15, 0.2) is 41.3 Å². The Kier molecular flexibility index (Phi) is 5.81. The van der Waals surface area contributed by atoms with Gasteiger partial charge in [0, 0.05) is 18.7 Å². The molecule has 0 fully saturated rings. The first-order valence-corrected chi connectivity index (χ1v) is 10.9. The standard InChI is InChI=1S/C22H26N2O5S/c1-13-7-9-16(10-8-13)15(3)23-22(25)21-14(2)17-11-19(28-5)20(29-6)12-18(17)24(4)30(21,26)27/h7-12,15H,1-6H3,(H,23,25). The molecule has 1 unspecified atom stereocenters. The van der Waals surface area contributed by atoms with Crippen molar-refractivity contribution in [1.29, 1.82) is 0 Å². The average Bonchev–Trinajstić information content (AvgIpc) is 2.71. The molecule has 0 spiro atoms. The number of allylic oxidation sites excluding steroid dienone is 1. The lowest BCUT2D eigenvalue weighted by atomic mass is 10.0. The smallest absolute Gasteiger partial charge is 0.269 e. The van der Waals surface area contributed by atoms with Gasteiger partial charge in [0.1, 0.15) is 0 Å². The predicted molar refractivity (Wildman–Crippen MR) is 117 cm³/mol. The number of sulfonamides is 1. The van der Waals surface area contributed by atoms with Crippen molar-refractivity contribution in [2.24, 2.45) is 0 Å². The molecule has 0 bridgehead atoms. The van der Waals surface area contributed by atoms with Crippen LogP contribution in [0.25, 0.3) is 5.57 Å². The van der Waals surface area contributed by atoms with Gasteiger partial charge in [-0.05, 0) is 38.0 Å². The fourth-order valence-electron chi connectivity index (χ4n) is 3.50. The van der Waals surface area contributed by atoms with Crippen molar-refractivity contribution in [3.8, 4) is 11.5 Å². The molecular weight excluding hydrogens is 404 g/mol. The summed E-state index contributed by atoms with van der Waals surface area (Å²) in [6, 6.07) is 10.6. The van der Waals surface area contributed by atoms with Crippen LogP contribution in [0.3, 0.4) is 0 Å². The molecule has 3 rings (SSSR count). The Morgan fingerprint density at radius 3 is 2.17 bits per heavy atom. The summed E-state index contributed by atoms with van der Waals surface area (Å²) in [4.78, 5) is 12.8. The van der Waals surface area contributed by atoms with E-state index in [1.54, 1.807) is 19.1 Å². The Labute approximate surface area is 177 Å². The summed E-state index contributed by atoms with van der Waals surface area (Å²) >= 11 is 0. The van der Waals surface area contributed by atoms with Crippen LogP contribution >= 0.6 is 0 Å². The third kappa shape index (κ3) is 3.63. The van der Waals surface area contributed by atoms with E-state index in [-0.39, 0.29) is 10.9 Å². The largest absolute Gasteiger partial charge is 0.493 e. The molecule has 0 aromatic heterocycles. The van der Waals surface area contributed by atoms with Crippen molar-refractivity contribution in [2.45, 2.75) is 26.8 Å². The third-order valence-electron chi connectivity index (χ3n) is 5.34. The van der Waals surface area contributed by atoms with Crippen LogP contribution in [-0.4, -0.2) is 35.6 Å². The summed E-state index contributed by atoms with van der Waals surface area (Å²) < 4.78 is 38.1. The molecule has 8 heteroatoms. The monoisotopic (exact) mass is 430 g/mol. The minimum Gasteiger partial charge on any atom is -0.493 e. The van der Waals surface area contributed by atoms with Crippen LogP contribution in [0, 0.1) is 6.92 Å². The minimum atomic E-state index is -4.04. The maximum atomic E-state index is 13.2. The summed E-state index contributed by atoms with van der Waals surface area (Å²) in [6.07, 6.45) is 0. The zero-order chi connectivity index (χ0) is 22.2. The maximum Gasteiger partial charge on any atom is 0.269 e. The topological polar surface area (TPSA) is 84.9 Å². The number of rotatable bonds is 5. The fraction of sp³-hybridized carbons (Fsp3) is 0.318. The highest BCUT2D eigenvalue weighted by molar-refractivity contribution is 7.97. The van der Waals surface area contributed by atoms with E-state index in [9.17, 15) is 13.2 Å². The second-order valence-corrected chi connectivity index (χ2v) is 9.16. The van der Waals surface area contributed by atoms with Crippen molar-refractivity contribution in [3.05, 3.63) is 58.0 Å². The molecule has 2 aromatic carbocycles. The Balaban J connectivity index is 2.06. The molecule has 2 aromatic rings. The summed E-state index contributed by atoms with van der Waals surface area (Å²) in [5.74, 6) is 0.218. The second-order valence-electron chi connectivity index (χ2n) is 7.26. The molecule has 7 nitrogen and oxygen atoms in total. The van der Waals surface area contributed by atoms with E-state index in [0.29, 0.717) is 28.3 Å². The van der Waals surface area contributed by atoms with Crippen molar-refractivity contribution in [3.63, 3.8) is 0 Å². The van der Waals surface area contributed by atoms with Gasteiger partial charge < -0.3 is 14.8 Å². The van der Waals surface area contributed by atoms with E-state index in [1.165, 1.54) is 21.3 Å². The van der Waals surface area contributed by atoms with Gasteiger partial charge in [0.2, 0.25) is 0 Å². The van der Waals surface area contributed by atoms with Crippen molar-refractivity contribution in [2.75, 3.05) is 25.6 Å². The number of hydrogen-bond acceptors (Lipinski definition) is 5. The summed E-state index contributed by atoms with van der Waals surface area (Å²) in [5, 5.41) is 2.82. The lowest BCUT2D eigenvalue weighted by Crippen LogP contribution is -2.39. The van der Waals surface area contributed by atoms with E-state index < -0.39 is 15.9 Å². The minimum absolute atomic E-state index is 0.274. The number of ether oxygens (including phenoxy) is 2. The maximum absolute atomic E-state index is 13.2. The van der Waals surface area contributed by atoms with Crippen molar-refractivity contribution >= 4 is 27.2 Å². The Morgan fingerprint density at radius 1 is 1.03 bits per heavy atom. The third-order valence-corrected chi connectivity index (χ3v) is 7.26. The molecule has 1 amide bonds. The van der Waals surface area contributed by atoms with Gasteiger partial charge in [-0.15, -0.1) is 0 Å². The molecular formula is C22H26N2O5S. The number of carbonyl (C=O) groups is 1. The van der Waals surface area contributed by atoms with Crippen molar-refractivity contribution < 1.29 is 22.7 Å². The zero-order valence-corrected chi connectivity index (χ0v) is 18.8. The van der Waals surface area contributed by atoms with Gasteiger partial charge >= 0.3 is 0 Å². The Bertz CT molecular complexity index is 1120. The number of hydrogen-bond donors (Lipinski definition) is 1. The predicted octanol–water partition coefficient (Wildman–Crippen LogP) is 3.40. The van der Waals surface area contributed by atoms with Gasteiger partial charge in [-0.3, -0.25) is 9.10 Å². The highest BCUT2D eigenvalue weighted by Crippen LogP contribution is 2.44. The number of nitrogens with zero attached hydrogens (tertiary/aromatic N) is 1. The number of amides is 1. The molecule has 0 radical (unpaired) electrons. The number of methoxy groups -OCH3 is 2. The highest BCUT2D eigenvalue weighted by atomic mass is 32.2. The first-order chi connectivity index (χ1) is 14.1. The van der Waals surface area contributed by atoms with Crippen LogP contribution < -0.4 is 19.1 Å². The van der Waals surface area contributed by atoms with E-state index in [2.05, 4.69) is 5.32 Å². The van der Waals surface area contributed by atoms with E-state index >= 15 is 0 Å². The lowest BCUT2D eigenvalue weighted by Gasteiger charge is -2.31. The molecule has 1 N–H and O–H groups in total.